The van der Waals surface area contributed by atoms with E-state index in [1.54, 1.807) is 17.4 Å². The van der Waals surface area contributed by atoms with Crippen molar-refractivity contribution >= 4 is 50.5 Å². The molecule has 148 valence electrons. The van der Waals surface area contributed by atoms with Crippen LogP contribution in [0.15, 0.2) is 50.7 Å². The number of para-hydroxylation sites is 1. The Hall–Kier alpha value is -2.42. The van der Waals surface area contributed by atoms with E-state index in [1.807, 2.05) is 50.2 Å². The molecule has 1 saturated heterocycles. The molecule has 2 aliphatic rings. The third-order valence-corrected chi connectivity index (χ3v) is 6.80. The Kier molecular flexibility index (Phi) is 4.77. The number of aromatic nitrogens is 1. The average Bonchev–Trinajstić information content (AvgIpc) is 3.40. The van der Waals surface area contributed by atoms with Crippen molar-refractivity contribution in [2.45, 2.75) is 26.1 Å². The van der Waals surface area contributed by atoms with Crippen LogP contribution in [0, 0.1) is 0 Å². The van der Waals surface area contributed by atoms with Crippen molar-refractivity contribution in [2.24, 2.45) is 4.99 Å². The lowest BCUT2D eigenvalue weighted by Crippen LogP contribution is -2.47. The van der Waals surface area contributed by atoms with E-state index in [4.69, 9.17) is 9.15 Å². The van der Waals surface area contributed by atoms with E-state index < -0.39 is 0 Å². The van der Waals surface area contributed by atoms with E-state index in [0.29, 0.717) is 16.4 Å². The van der Waals surface area contributed by atoms with Crippen molar-refractivity contribution in [3.05, 3.63) is 47.1 Å². The fourth-order valence-electron chi connectivity index (χ4n) is 3.52. The third kappa shape index (κ3) is 3.75. The lowest BCUT2D eigenvalue weighted by atomic mass is 10.2. The summed E-state index contributed by atoms with van der Waals surface area (Å²) in [5, 5.41) is 1.57. The number of rotatable bonds is 2. The van der Waals surface area contributed by atoms with Crippen molar-refractivity contribution in [1.29, 1.82) is 0 Å². The van der Waals surface area contributed by atoms with E-state index in [9.17, 15) is 4.79 Å². The first-order chi connectivity index (χ1) is 14.0. The number of ether oxygens (including phenoxy) is 1. The van der Waals surface area contributed by atoms with E-state index in [0.717, 1.165) is 33.5 Å². The van der Waals surface area contributed by atoms with Crippen molar-refractivity contribution in [2.75, 3.05) is 13.1 Å². The van der Waals surface area contributed by atoms with Crippen LogP contribution in [0.4, 0.5) is 0 Å². The standard InChI is InChI=1S/C21H19N3O3S2/c1-12-10-24(11-13(2)26-12)21-23-19(25)18(29-21)9-14-7-8-16(27-14)20-22-15-5-3-4-6-17(15)28-20/h3-9,12-13H,10-11H2,1-2H3/b18-9+. The molecule has 29 heavy (non-hydrogen) atoms. The van der Waals surface area contributed by atoms with Gasteiger partial charge in [0.1, 0.15) is 5.76 Å². The highest BCUT2D eigenvalue weighted by Gasteiger charge is 2.31. The monoisotopic (exact) mass is 425 g/mol. The maximum atomic E-state index is 12.4. The molecule has 1 aromatic carbocycles. The van der Waals surface area contributed by atoms with Crippen LogP contribution in [0.25, 0.3) is 27.1 Å². The predicted octanol–water partition coefficient (Wildman–Crippen LogP) is 4.64. The smallest absolute Gasteiger partial charge is 0.286 e. The Morgan fingerprint density at radius 3 is 2.72 bits per heavy atom. The molecule has 2 unspecified atom stereocenters. The fraction of sp³-hybridized carbons (Fsp3) is 0.286. The molecule has 2 atom stereocenters. The van der Waals surface area contributed by atoms with Gasteiger partial charge in [-0.1, -0.05) is 12.1 Å². The third-order valence-electron chi connectivity index (χ3n) is 4.70. The van der Waals surface area contributed by atoms with Gasteiger partial charge in [-0.3, -0.25) is 4.79 Å². The first-order valence-electron chi connectivity index (χ1n) is 9.44. The Balaban J connectivity index is 1.34. The summed E-state index contributed by atoms with van der Waals surface area (Å²) in [5.74, 6) is 1.09. The van der Waals surface area contributed by atoms with Crippen molar-refractivity contribution in [3.63, 3.8) is 0 Å². The second-order valence-corrected chi connectivity index (χ2v) is 9.20. The summed E-state index contributed by atoms with van der Waals surface area (Å²) in [6.07, 6.45) is 1.99. The molecular formula is C21H19N3O3S2. The molecule has 1 amide bonds. The summed E-state index contributed by atoms with van der Waals surface area (Å²) >= 11 is 2.98. The van der Waals surface area contributed by atoms with Gasteiger partial charge in [-0.15, -0.1) is 11.3 Å². The molecule has 0 spiro atoms. The minimum Gasteiger partial charge on any atom is -0.454 e. The molecule has 3 aromatic rings. The van der Waals surface area contributed by atoms with Gasteiger partial charge in [0.05, 0.1) is 27.3 Å². The van der Waals surface area contributed by atoms with Gasteiger partial charge in [-0.2, -0.15) is 4.99 Å². The van der Waals surface area contributed by atoms with Crippen LogP contribution < -0.4 is 0 Å². The van der Waals surface area contributed by atoms with Crippen molar-refractivity contribution < 1.29 is 13.9 Å². The van der Waals surface area contributed by atoms with Gasteiger partial charge in [0.2, 0.25) is 0 Å². The zero-order chi connectivity index (χ0) is 20.0. The minimum atomic E-state index is -0.227. The molecule has 0 aliphatic carbocycles. The summed E-state index contributed by atoms with van der Waals surface area (Å²) in [7, 11) is 0. The Bertz CT molecular complexity index is 1100. The van der Waals surface area contributed by atoms with Crippen LogP contribution in [0.2, 0.25) is 0 Å². The van der Waals surface area contributed by atoms with Crippen LogP contribution in [0.5, 0.6) is 0 Å². The van der Waals surface area contributed by atoms with Gasteiger partial charge in [-0.25, -0.2) is 4.98 Å². The largest absolute Gasteiger partial charge is 0.454 e. The number of carbonyl (C=O) groups excluding carboxylic acids is 1. The number of aliphatic imine (C=N–C) groups is 1. The lowest BCUT2D eigenvalue weighted by Gasteiger charge is -2.35. The molecule has 5 rings (SSSR count). The van der Waals surface area contributed by atoms with E-state index >= 15 is 0 Å². The second kappa shape index (κ2) is 7.44. The molecule has 6 nitrogen and oxygen atoms in total. The number of amides is 1. The molecule has 0 N–H and O–H groups in total. The first-order valence-corrected chi connectivity index (χ1v) is 11.1. The number of nitrogens with zero attached hydrogens (tertiary/aromatic N) is 3. The topological polar surface area (TPSA) is 67.9 Å². The number of hydrogen-bond donors (Lipinski definition) is 0. The number of benzene rings is 1. The van der Waals surface area contributed by atoms with Crippen LogP contribution in [0.3, 0.4) is 0 Å². The quantitative estimate of drug-likeness (QED) is 0.558. The van der Waals surface area contributed by atoms with E-state index in [1.165, 1.54) is 11.8 Å². The van der Waals surface area contributed by atoms with Gasteiger partial charge < -0.3 is 14.1 Å². The molecular weight excluding hydrogens is 406 g/mol. The van der Waals surface area contributed by atoms with Gasteiger partial charge in [-0.05, 0) is 49.9 Å². The predicted molar refractivity (Wildman–Crippen MR) is 117 cm³/mol. The average molecular weight is 426 g/mol. The maximum absolute atomic E-state index is 12.4. The molecule has 8 heteroatoms. The molecule has 2 aromatic heterocycles. The first kappa shape index (κ1) is 18.6. The van der Waals surface area contributed by atoms with Gasteiger partial charge in [0.25, 0.3) is 5.91 Å². The zero-order valence-corrected chi connectivity index (χ0v) is 17.6. The Labute approximate surface area is 176 Å². The number of morpholine rings is 1. The van der Waals surface area contributed by atoms with Crippen LogP contribution in [0.1, 0.15) is 19.6 Å². The summed E-state index contributed by atoms with van der Waals surface area (Å²) in [4.78, 5) is 24.0. The summed E-state index contributed by atoms with van der Waals surface area (Å²) in [6.45, 7) is 5.54. The Morgan fingerprint density at radius 1 is 1.14 bits per heavy atom. The molecule has 2 aliphatic heterocycles. The highest BCUT2D eigenvalue weighted by molar-refractivity contribution is 8.18. The normalized spacial score (nSPS) is 23.9. The summed E-state index contributed by atoms with van der Waals surface area (Å²) < 4.78 is 12.8. The number of thioether (sulfide) groups is 1. The highest BCUT2D eigenvalue weighted by atomic mass is 32.2. The zero-order valence-electron chi connectivity index (χ0n) is 16.0. The Morgan fingerprint density at radius 2 is 1.93 bits per heavy atom. The maximum Gasteiger partial charge on any atom is 0.286 e. The number of fused-ring (bicyclic) bond motifs is 1. The van der Waals surface area contributed by atoms with Crippen LogP contribution in [-0.2, 0) is 9.53 Å². The number of furan rings is 1. The summed E-state index contributed by atoms with van der Waals surface area (Å²) in [5.41, 5.74) is 0.956. The van der Waals surface area contributed by atoms with Gasteiger partial charge in [0, 0.05) is 19.2 Å². The molecule has 0 saturated carbocycles. The lowest BCUT2D eigenvalue weighted by molar-refractivity contribution is -0.113. The number of thiazole rings is 1. The second-order valence-electron chi connectivity index (χ2n) is 7.16. The van der Waals surface area contributed by atoms with Crippen molar-refractivity contribution in [1.82, 2.24) is 9.88 Å². The van der Waals surface area contributed by atoms with E-state index in [-0.39, 0.29) is 18.1 Å². The SMILES string of the molecule is CC1CN(C2=NC(=O)/C(=C\c3ccc(-c4nc5ccccc5s4)o3)S2)CC(C)O1. The van der Waals surface area contributed by atoms with Crippen LogP contribution in [-0.4, -0.2) is 46.3 Å². The number of amidine groups is 1. The summed E-state index contributed by atoms with van der Waals surface area (Å²) in [6, 6.07) is 11.8. The number of carbonyl (C=O) groups is 1. The fourth-order valence-corrected chi connectivity index (χ4v) is 5.36. The highest BCUT2D eigenvalue weighted by Crippen LogP contribution is 2.34. The molecule has 4 heterocycles. The molecule has 0 bridgehead atoms. The van der Waals surface area contributed by atoms with Crippen molar-refractivity contribution in [3.8, 4) is 10.8 Å². The minimum absolute atomic E-state index is 0.117. The number of hydrogen-bond acceptors (Lipinski definition) is 7. The van der Waals surface area contributed by atoms with Crippen LogP contribution >= 0.6 is 23.1 Å². The van der Waals surface area contributed by atoms with Gasteiger partial charge >= 0.3 is 0 Å². The molecule has 0 radical (unpaired) electrons. The molecule has 1 fully saturated rings. The van der Waals surface area contributed by atoms with Gasteiger partial charge in [0.15, 0.2) is 15.9 Å². The van der Waals surface area contributed by atoms with E-state index in [2.05, 4.69) is 14.9 Å².